The molecule has 3 rings (SSSR count). The molecule has 0 spiro atoms. The molecule has 0 bridgehead atoms. The number of nitrogens with zero attached hydrogens (tertiary/aromatic N) is 4. The van der Waals surface area contributed by atoms with E-state index in [1.807, 2.05) is 0 Å². The van der Waals surface area contributed by atoms with Crippen LogP contribution in [0.5, 0.6) is 0 Å². The molecular formula is C22H28FN5O3. The average molecular weight is 429 g/mol. The highest BCUT2D eigenvalue weighted by atomic mass is 19.1. The summed E-state index contributed by atoms with van der Waals surface area (Å²) in [7, 11) is 0. The van der Waals surface area contributed by atoms with Crippen molar-refractivity contribution in [3.8, 4) is 0 Å². The minimum Gasteiger partial charge on any atom is -0.379 e. The first-order chi connectivity index (χ1) is 15.1. The van der Waals surface area contributed by atoms with E-state index in [0.29, 0.717) is 6.54 Å². The molecule has 0 saturated carbocycles. The van der Waals surface area contributed by atoms with E-state index >= 15 is 0 Å². The van der Waals surface area contributed by atoms with Gasteiger partial charge < -0.3 is 15.0 Å². The average Bonchev–Trinajstić information content (AvgIpc) is 2.81. The molecule has 0 atom stereocenters. The van der Waals surface area contributed by atoms with Gasteiger partial charge in [0.2, 0.25) is 5.91 Å². The first-order valence-electron chi connectivity index (χ1n) is 10.5. The number of nitrogens with one attached hydrogen (secondary N) is 1. The number of carbonyl (C=O) groups is 2. The maximum Gasteiger partial charge on any atom is 0.274 e. The zero-order valence-corrected chi connectivity index (χ0v) is 17.5. The second-order valence-corrected chi connectivity index (χ2v) is 7.35. The third-order valence-corrected chi connectivity index (χ3v) is 5.04. The Kier molecular flexibility index (Phi) is 8.86. The van der Waals surface area contributed by atoms with Crippen LogP contribution in [-0.2, 0) is 16.1 Å². The van der Waals surface area contributed by atoms with Crippen molar-refractivity contribution in [1.82, 2.24) is 25.1 Å². The van der Waals surface area contributed by atoms with E-state index in [1.54, 1.807) is 12.1 Å². The van der Waals surface area contributed by atoms with Crippen molar-refractivity contribution in [2.45, 2.75) is 19.4 Å². The van der Waals surface area contributed by atoms with Crippen LogP contribution in [0.15, 0.2) is 42.9 Å². The molecular weight excluding hydrogens is 401 g/mol. The molecule has 1 aromatic heterocycles. The van der Waals surface area contributed by atoms with Crippen LogP contribution in [0.2, 0.25) is 0 Å². The van der Waals surface area contributed by atoms with Crippen molar-refractivity contribution >= 4 is 11.8 Å². The normalized spacial score (nSPS) is 14.2. The summed E-state index contributed by atoms with van der Waals surface area (Å²) in [5, 5.41) is 2.92. The number of rotatable bonds is 10. The molecule has 1 aliphatic rings. The summed E-state index contributed by atoms with van der Waals surface area (Å²) in [5.41, 5.74) is 0.972. The van der Waals surface area contributed by atoms with Gasteiger partial charge in [0, 0.05) is 51.5 Å². The Bertz CT molecular complexity index is 829. The Morgan fingerprint density at radius 1 is 1.16 bits per heavy atom. The molecule has 31 heavy (non-hydrogen) atoms. The zero-order chi connectivity index (χ0) is 21.9. The van der Waals surface area contributed by atoms with Crippen molar-refractivity contribution in [2.75, 3.05) is 45.9 Å². The second kappa shape index (κ2) is 12.1. The van der Waals surface area contributed by atoms with Crippen LogP contribution in [0.3, 0.4) is 0 Å². The minimum atomic E-state index is -0.341. The quantitative estimate of drug-likeness (QED) is 0.576. The Balaban J connectivity index is 1.49. The largest absolute Gasteiger partial charge is 0.379 e. The van der Waals surface area contributed by atoms with Gasteiger partial charge in [-0.25, -0.2) is 9.37 Å². The Labute approximate surface area is 181 Å². The molecule has 2 amide bonds. The molecule has 2 heterocycles. The lowest BCUT2D eigenvalue weighted by Crippen LogP contribution is -2.38. The smallest absolute Gasteiger partial charge is 0.274 e. The molecule has 0 aliphatic carbocycles. The maximum absolute atomic E-state index is 13.2. The van der Waals surface area contributed by atoms with E-state index in [4.69, 9.17) is 4.74 Å². The maximum atomic E-state index is 13.2. The van der Waals surface area contributed by atoms with Crippen molar-refractivity contribution in [3.05, 3.63) is 59.9 Å². The van der Waals surface area contributed by atoms with Gasteiger partial charge in [-0.15, -0.1) is 0 Å². The fourth-order valence-electron chi connectivity index (χ4n) is 3.31. The molecule has 8 nitrogen and oxygen atoms in total. The van der Waals surface area contributed by atoms with Gasteiger partial charge in [0.1, 0.15) is 11.5 Å². The number of benzene rings is 1. The van der Waals surface area contributed by atoms with E-state index in [-0.39, 0.29) is 42.8 Å². The van der Waals surface area contributed by atoms with E-state index < -0.39 is 0 Å². The number of ether oxygens (including phenoxy) is 1. The third kappa shape index (κ3) is 7.69. The number of aromatic nitrogens is 2. The predicted molar refractivity (Wildman–Crippen MR) is 113 cm³/mol. The van der Waals surface area contributed by atoms with Gasteiger partial charge in [-0.2, -0.15) is 0 Å². The first kappa shape index (κ1) is 22.8. The number of amides is 2. The fraction of sp³-hybridized carbons (Fsp3) is 0.455. The van der Waals surface area contributed by atoms with Gasteiger partial charge in [0.25, 0.3) is 5.91 Å². The van der Waals surface area contributed by atoms with Gasteiger partial charge in [0.15, 0.2) is 0 Å². The van der Waals surface area contributed by atoms with Crippen molar-refractivity contribution < 1.29 is 18.7 Å². The molecule has 0 unspecified atom stereocenters. The minimum absolute atomic E-state index is 0.113. The number of carbonyl (C=O) groups excluding carboxylic acids is 2. The van der Waals surface area contributed by atoms with Crippen LogP contribution in [0.1, 0.15) is 28.9 Å². The summed E-state index contributed by atoms with van der Waals surface area (Å²) >= 11 is 0. The lowest BCUT2D eigenvalue weighted by Gasteiger charge is -2.26. The molecule has 166 valence electrons. The SMILES string of the molecule is O=C(CCN(Cc1ccc(F)cc1)C(=O)c1cnccn1)NCCCN1CCOCC1. The van der Waals surface area contributed by atoms with Crippen LogP contribution >= 0.6 is 0 Å². The lowest BCUT2D eigenvalue weighted by molar-refractivity contribution is -0.121. The van der Waals surface area contributed by atoms with Gasteiger partial charge in [0.05, 0.1) is 19.4 Å². The highest BCUT2D eigenvalue weighted by Gasteiger charge is 2.19. The van der Waals surface area contributed by atoms with Crippen LogP contribution in [0.25, 0.3) is 0 Å². The Morgan fingerprint density at radius 2 is 1.94 bits per heavy atom. The second-order valence-electron chi connectivity index (χ2n) is 7.35. The third-order valence-electron chi connectivity index (χ3n) is 5.04. The van der Waals surface area contributed by atoms with Crippen LogP contribution in [0, 0.1) is 5.82 Å². The molecule has 2 aromatic rings. The zero-order valence-electron chi connectivity index (χ0n) is 17.5. The Hall–Kier alpha value is -2.91. The Morgan fingerprint density at radius 3 is 2.65 bits per heavy atom. The fourth-order valence-corrected chi connectivity index (χ4v) is 3.31. The molecule has 1 N–H and O–H groups in total. The standard InChI is InChI=1S/C22H28FN5O3/c23-19-4-2-18(3-5-19)17-28(22(30)20-16-24-8-9-25-20)11-6-21(29)26-7-1-10-27-12-14-31-15-13-27/h2-5,8-9,16H,1,6-7,10-15,17H2,(H,26,29). The highest BCUT2D eigenvalue weighted by molar-refractivity contribution is 5.92. The molecule has 0 radical (unpaired) electrons. The van der Waals surface area contributed by atoms with Crippen molar-refractivity contribution in [1.29, 1.82) is 0 Å². The van der Waals surface area contributed by atoms with Crippen LogP contribution in [0.4, 0.5) is 4.39 Å². The summed E-state index contributed by atoms with van der Waals surface area (Å²) in [4.78, 5) is 37.0. The first-order valence-corrected chi connectivity index (χ1v) is 10.5. The molecule has 1 aliphatic heterocycles. The van der Waals surface area contributed by atoms with Crippen molar-refractivity contribution in [3.63, 3.8) is 0 Å². The van der Waals surface area contributed by atoms with E-state index in [0.717, 1.165) is 44.8 Å². The summed E-state index contributed by atoms with van der Waals surface area (Å²) in [5.74, 6) is -0.775. The van der Waals surface area contributed by atoms with Crippen LogP contribution < -0.4 is 5.32 Å². The summed E-state index contributed by atoms with van der Waals surface area (Å²) < 4.78 is 18.5. The molecule has 1 saturated heterocycles. The lowest BCUT2D eigenvalue weighted by atomic mass is 10.2. The van der Waals surface area contributed by atoms with E-state index in [2.05, 4.69) is 20.2 Å². The van der Waals surface area contributed by atoms with E-state index in [1.165, 1.54) is 35.6 Å². The van der Waals surface area contributed by atoms with E-state index in [9.17, 15) is 14.0 Å². The molecule has 9 heteroatoms. The summed E-state index contributed by atoms with van der Waals surface area (Å²) in [6.07, 6.45) is 5.37. The van der Waals surface area contributed by atoms with Gasteiger partial charge in [-0.1, -0.05) is 12.1 Å². The topological polar surface area (TPSA) is 87.7 Å². The van der Waals surface area contributed by atoms with Crippen LogP contribution in [-0.4, -0.2) is 77.5 Å². The summed E-state index contributed by atoms with van der Waals surface area (Å²) in [6.45, 7) is 5.36. The van der Waals surface area contributed by atoms with Crippen molar-refractivity contribution in [2.24, 2.45) is 0 Å². The highest BCUT2D eigenvalue weighted by Crippen LogP contribution is 2.10. The van der Waals surface area contributed by atoms with Gasteiger partial charge >= 0.3 is 0 Å². The molecule has 1 fully saturated rings. The molecule has 1 aromatic carbocycles. The monoisotopic (exact) mass is 429 g/mol. The predicted octanol–water partition coefficient (Wildman–Crippen LogP) is 1.49. The number of hydrogen-bond acceptors (Lipinski definition) is 6. The number of hydrogen-bond donors (Lipinski definition) is 1. The summed E-state index contributed by atoms with van der Waals surface area (Å²) in [6, 6.07) is 5.94. The van der Waals surface area contributed by atoms with Gasteiger partial charge in [-0.3, -0.25) is 19.5 Å². The van der Waals surface area contributed by atoms with Gasteiger partial charge in [-0.05, 0) is 30.7 Å². The number of halogens is 1. The number of morpholine rings is 1.